The number of likely N-dealkylation sites (tertiary alicyclic amines) is 2. The third kappa shape index (κ3) is 3.07. The second-order valence-corrected chi connectivity index (χ2v) is 7.46. The minimum absolute atomic E-state index is 0.0211. The molecule has 3 fully saturated rings. The van der Waals surface area contributed by atoms with E-state index < -0.39 is 0 Å². The number of ether oxygens (including phenoxy) is 1. The molecule has 1 amide bonds. The van der Waals surface area contributed by atoms with Gasteiger partial charge in [-0.1, -0.05) is 0 Å². The van der Waals surface area contributed by atoms with Crippen LogP contribution < -0.4 is 0 Å². The van der Waals surface area contributed by atoms with E-state index >= 15 is 0 Å². The van der Waals surface area contributed by atoms with Crippen molar-refractivity contribution in [2.24, 2.45) is 11.8 Å². The molecule has 0 unspecified atom stereocenters. The van der Waals surface area contributed by atoms with Crippen molar-refractivity contribution < 1.29 is 13.9 Å². The Hall–Kier alpha value is -1.46. The Morgan fingerprint density at radius 3 is 2.62 bits per heavy atom. The minimum Gasteiger partial charge on any atom is -0.381 e. The van der Waals surface area contributed by atoms with Crippen molar-refractivity contribution in [2.75, 3.05) is 33.3 Å². The maximum atomic E-state index is 13.1. The summed E-state index contributed by atoms with van der Waals surface area (Å²) >= 11 is 0. The summed E-state index contributed by atoms with van der Waals surface area (Å²) in [6.45, 7) is 3.83. The number of halogens is 1. The fourth-order valence-corrected chi connectivity index (χ4v) is 4.35. The highest BCUT2D eigenvalue weighted by atomic mass is 19.1. The Bertz CT molecular complexity index is 602. The molecule has 0 aromatic heterocycles. The highest BCUT2D eigenvalue weighted by Crippen LogP contribution is 2.36. The van der Waals surface area contributed by atoms with E-state index in [2.05, 4.69) is 4.90 Å². The molecular formula is C19H25FN2O2. The first kappa shape index (κ1) is 16.0. The number of piperidine rings is 1. The molecule has 2 heterocycles. The van der Waals surface area contributed by atoms with E-state index in [-0.39, 0.29) is 23.9 Å². The van der Waals surface area contributed by atoms with Crippen LogP contribution in [0.15, 0.2) is 24.3 Å². The molecule has 4 nitrogen and oxygen atoms in total. The first-order valence-corrected chi connectivity index (χ1v) is 8.97. The molecule has 0 N–H and O–H groups in total. The summed E-state index contributed by atoms with van der Waals surface area (Å²) in [6, 6.07) is 6.11. The number of hydrogen-bond acceptors (Lipinski definition) is 3. The van der Waals surface area contributed by atoms with Gasteiger partial charge in [-0.3, -0.25) is 4.79 Å². The van der Waals surface area contributed by atoms with Gasteiger partial charge in [-0.15, -0.1) is 0 Å². The molecule has 130 valence electrons. The number of carbonyl (C=O) groups excluding carboxylic acids is 1. The smallest absolute Gasteiger partial charge is 0.254 e. The van der Waals surface area contributed by atoms with Gasteiger partial charge in [0, 0.05) is 44.8 Å². The van der Waals surface area contributed by atoms with Gasteiger partial charge in [0.05, 0.1) is 12.1 Å². The largest absolute Gasteiger partial charge is 0.381 e. The molecule has 3 aliphatic rings. The Kier molecular flexibility index (Phi) is 4.31. The number of methoxy groups -OCH3 is 1. The average molecular weight is 332 g/mol. The molecular weight excluding hydrogens is 307 g/mol. The number of carbonyl (C=O) groups is 1. The number of nitrogens with zero attached hydrogens (tertiary/aromatic N) is 2. The van der Waals surface area contributed by atoms with Crippen LogP contribution in [0.5, 0.6) is 0 Å². The van der Waals surface area contributed by atoms with Crippen molar-refractivity contribution in [1.82, 2.24) is 9.80 Å². The summed E-state index contributed by atoms with van der Waals surface area (Å²) < 4.78 is 18.8. The molecule has 0 bridgehead atoms. The number of hydrogen-bond donors (Lipinski definition) is 0. The van der Waals surface area contributed by atoms with E-state index in [1.165, 1.54) is 25.0 Å². The first-order chi connectivity index (χ1) is 11.7. The van der Waals surface area contributed by atoms with Crippen LogP contribution in [0.3, 0.4) is 0 Å². The van der Waals surface area contributed by atoms with E-state index in [4.69, 9.17) is 4.74 Å². The molecule has 0 spiro atoms. The van der Waals surface area contributed by atoms with Crippen LogP contribution in [0.1, 0.15) is 29.6 Å². The van der Waals surface area contributed by atoms with Gasteiger partial charge >= 0.3 is 0 Å². The normalized spacial score (nSPS) is 30.4. The lowest BCUT2D eigenvalue weighted by atomic mass is 9.88. The van der Waals surface area contributed by atoms with Gasteiger partial charge in [-0.2, -0.15) is 0 Å². The van der Waals surface area contributed by atoms with Crippen molar-refractivity contribution in [3.63, 3.8) is 0 Å². The van der Waals surface area contributed by atoms with E-state index in [1.807, 2.05) is 4.90 Å². The fraction of sp³-hybridized carbons (Fsp3) is 0.632. The molecule has 1 saturated carbocycles. The monoisotopic (exact) mass is 332 g/mol. The average Bonchev–Trinajstić information content (AvgIpc) is 3.30. The van der Waals surface area contributed by atoms with Crippen LogP contribution in [0.25, 0.3) is 0 Å². The zero-order chi connectivity index (χ0) is 16.7. The van der Waals surface area contributed by atoms with Gasteiger partial charge in [0.15, 0.2) is 0 Å². The molecule has 4 rings (SSSR count). The maximum absolute atomic E-state index is 13.1. The lowest BCUT2D eigenvalue weighted by Crippen LogP contribution is -2.53. The lowest BCUT2D eigenvalue weighted by molar-refractivity contribution is -0.0156. The molecule has 2 saturated heterocycles. The van der Waals surface area contributed by atoms with Crippen molar-refractivity contribution in [2.45, 2.75) is 31.4 Å². The molecule has 5 heteroatoms. The molecule has 1 aromatic rings. The topological polar surface area (TPSA) is 32.8 Å². The molecule has 0 radical (unpaired) electrons. The van der Waals surface area contributed by atoms with Crippen molar-refractivity contribution in [3.05, 3.63) is 35.6 Å². The number of rotatable bonds is 4. The summed E-state index contributed by atoms with van der Waals surface area (Å²) in [5.74, 6) is 0.950. The van der Waals surface area contributed by atoms with Gasteiger partial charge < -0.3 is 14.5 Å². The fourth-order valence-electron chi connectivity index (χ4n) is 4.35. The van der Waals surface area contributed by atoms with Gasteiger partial charge in [-0.05, 0) is 49.4 Å². The molecule has 1 aromatic carbocycles. The standard InChI is InChI=1S/C19H25FN2O2/c1-24-18-8-9-22(19(23)14-4-6-15(20)7-5-14)17-12-21(11-16(17)18)10-13-2-3-13/h4-7,13,16-18H,2-3,8-12H2,1H3/t16-,17+,18-/m0/s1. The van der Waals surface area contributed by atoms with Gasteiger partial charge in [0.1, 0.15) is 5.82 Å². The maximum Gasteiger partial charge on any atom is 0.254 e. The third-order valence-corrected chi connectivity index (χ3v) is 5.81. The molecule has 2 aliphatic heterocycles. The second kappa shape index (κ2) is 6.45. The Balaban J connectivity index is 1.52. The minimum atomic E-state index is -0.306. The quantitative estimate of drug-likeness (QED) is 0.849. The second-order valence-electron chi connectivity index (χ2n) is 7.46. The first-order valence-electron chi connectivity index (χ1n) is 8.97. The summed E-state index contributed by atoms with van der Waals surface area (Å²) in [7, 11) is 1.78. The highest BCUT2D eigenvalue weighted by Gasteiger charge is 2.46. The molecule has 3 atom stereocenters. The SMILES string of the molecule is CO[C@H]1CCN(C(=O)c2ccc(F)cc2)[C@@H]2CN(CC3CC3)C[C@H]12. The Labute approximate surface area is 142 Å². The Morgan fingerprint density at radius 2 is 1.96 bits per heavy atom. The van der Waals surface area contributed by atoms with Crippen LogP contribution >= 0.6 is 0 Å². The zero-order valence-corrected chi connectivity index (χ0v) is 14.2. The predicted molar refractivity (Wildman–Crippen MR) is 89.3 cm³/mol. The van der Waals surface area contributed by atoms with Crippen molar-refractivity contribution in [1.29, 1.82) is 0 Å². The van der Waals surface area contributed by atoms with E-state index in [1.54, 1.807) is 19.2 Å². The van der Waals surface area contributed by atoms with Gasteiger partial charge in [-0.25, -0.2) is 4.39 Å². The van der Waals surface area contributed by atoms with Crippen LogP contribution in [-0.4, -0.2) is 61.1 Å². The number of benzene rings is 1. The highest BCUT2D eigenvalue weighted by molar-refractivity contribution is 5.94. The van der Waals surface area contributed by atoms with Crippen LogP contribution in [-0.2, 0) is 4.74 Å². The summed E-state index contributed by atoms with van der Waals surface area (Å²) in [5, 5.41) is 0. The van der Waals surface area contributed by atoms with Crippen molar-refractivity contribution in [3.8, 4) is 0 Å². The summed E-state index contributed by atoms with van der Waals surface area (Å²) in [4.78, 5) is 17.4. The molecule has 1 aliphatic carbocycles. The lowest BCUT2D eigenvalue weighted by Gasteiger charge is -2.41. The molecule has 24 heavy (non-hydrogen) atoms. The van der Waals surface area contributed by atoms with Crippen LogP contribution in [0.2, 0.25) is 0 Å². The van der Waals surface area contributed by atoms with Crippen molar-refractivity contribution >= 4 is 5.91 Å². The van der Waals surface area contributed by atoms with E-state index in [9.17, 15) is 9.18 Å². The predicted octanol–water partition coefficient (Wildman–Crippen LogP) is 2.40. The van der Waals surface area contributed by atoms with E-state index in [0.717, 1.165) is 32.0 Å². The summed E-state index contributed by atoms with van der Waals surface area (Å²) in [5.41, 5.74) is 0.576. The van der Waals surface area contributed by atoms with Crippen LogP contribution in [0.4, 0.5) is 4.39 Å². The number of amides is 1. The van der Waals surface area contributed by atoms with Gasteiger partial charge in [0.25, 0.3) is 5.91 Å². The Morgan fingerprint density at radius 1 is 1.21 bits per heavy atom. The summed E-state index contributed by atoms with van der Waals surface area (Å²) in [6.07, 6.45) is 3.80. The third-order valence-electron chi connectivity index (χ3n) is 5.81. The number of fused-ring (bicyclic) bond motifs is 1. The van der Waals surface area contributed by atoms with E-state index in [0.29, 0.717) is 18.0 Å². The zero-order valence-electron chi connectivity index (χ0n) is 14.2. The van der Waals surface area contributed by atoms with Crippen LogP contribution in [0, 0.1) is 17.7 Å². The van der Waals surface area contributed by atoms with Gasteiger partial charge in [0.2, 0.25) is 0 Å².